The van der Waals surface area contributed by atoms with Crippen LogP contribution in [0, 0.1) is 0 Å². The van der Waals surface area contributed by atoms with Gasteiger partial charge in [0.25, 0.3) is 5.91 Å². The molecular formula is C25H18N4OS. The average molecular weight is 423 g/mol. The van der Waals surface area contributed by atoms with E-state index in [1.807, 2.05) is 54.8 Å². The fourth-order valence-corrected chi connectivity index (χ4v) is 4.80. The second-order valence-electron chi connectivity index (χ2n) is 7.51. The van der Waals surface area contributed by atoms with Crippen molar-refractivity contribution in [3.05, 3.63) is 95.0 Å². The van der Waals surface area contributed by atoms with E-state index >= 15 is 0 Å². The van der Waals surface area contributed by atoms with Crippen LogP contribution < -0.4 is 15.9 Å². The highest BCUT2D eigenvalue weighted by atomic mass is 32.2. The maximum atomic E-state index is 13.1. The van der Waals surface area contributed by atoms with E-state index in [1.165, 1.54) is 11.8 Å². The summed E-state index contributed by atoms with van der Waals surface area (Å²) in [7, 11) is 0. The predicted octanol–water partition coefficient (Wildman–Crippen LogP) is 3.50. The summed E-state index contributed by atoms with van der Waals surface area (Å²) in [5.74, 6) is -0.156. The molecule has 0 saturated carbocycles. The number of hydrazone groups is 1. The molecule has 0 saturated heterocycles. The Balaban J connectivity index is 1.75. The molecule has 0 fully saturated rings. The number of fused-ring (bicyclic) bond motifs is 4. The molecule has 0 spiro atoms. The van der Waals surface area contributed by atoms with Crippen LogP contribution in [0.5, 0.6) is 0 Å². The SMILES string of the molecule is CSC1=NN2C(=c3ccccc3=N[C@@H]2c2c3ccccc3cc3ccccc23)C(=O)N1. The minimum absolute atomic E-state index is 0.156. The largest absolute Gasteiger partial charge is 0.298 e. The molecule has 2 heterocycles. The lowest BCUT2D eigenvalue weighted by Crippen LogP contribution is -2.50. The van der Waals surface area contributed by atoms with Crippen molar-refractivity contribution in [2.75, 3.05) is 6.26 Å². The lowest BCUT2D eigenvalue weighted by molar-refractivity contribution is -0.116. The van der Waals surface area contributed by atoms with Crippen LogP contribution in [0.15, 0.2) is 89.0 Å². The van der Waals surface area contributed by atoms with Crippen molar-refractivity contribution < 1.29 is 4.79 Å². The minimum Gasteiger partial charge on any atom is -0.298 e. The molecule has 4 aromatic carbocycles. The van der Waals surface area contributed by atoms with Crippen LogP contribution in [-0.2, 0) is 4.79 Å². The van der Waals surface area contributed by atoms with Gasteiger partial charge in [-0.2, -0.15) is 0 Å². The molecule has 150 valence electrons. The summed E-state index contributed by atoms with van der Waals surface area (Å²) >= 11 is 1.41. The van der Waals surface area contributed by atoms with Gasteiger partial charge in [-0.25, -0.2) is 5.01 Å². The molecule has 0 aliphatic carbocycles. The van der Waals surface area contributed by atoms with Crippen molar-refractivity contribution in [3.8, 4) is 0 Å². The molecular weight excluding hydrogens is 404 g/mol. The van der Waals surface area contributed by atoms with Gasteiger partial charge in [0.1, 0.15) is 5.70 Å². The fraction of sp³-hybridized carbons (Fsp3) is 0.0800. The Morgan fingerprint density at radius 3 is 2.26 bits per heavy atom. The number of carbonyl (C=O) groups is 1. The van der Waals surface area contributed by atoms with E-state index in [0.717, 1.165) is 37.7 Å². The summed E-state index contributed by atoms with van der Waals surface area (Å²) in [4.78, 5) is 18.3. The van der Waals surface area contributed by atoms with E-state index in [0.29, 0.717) is 10.9 Å². The summed E-state index contributed by atoms with van der Waals surface area (Å²) in [6.07, 6.45) is 1.45. The number of hydrogen-bond acceptors (Lipinski definition) is 5. The Morgan fingerprint density at radius 1 is 0.903 bits per heavy atom. The Bertz CT molecular complexity index is 1490. The molecule has 1 N–H and O–H groups in total. The topological polar surface area (TPSA) is 57.1 Å². The third-order valence-corrected chi connectivity index (χ3v) is 6.35. The number of thioether (sulfide) groups is 1. The lowest BCUT2D eigenvalue weighted by atomic mass is 9.94. The maximum absolute atomic E-state index is 13.1. The van der Waals surface area contributed by atoms with E-state index in [9.17, 15) is 4.79 Å². The molecule has 6 heteroatoms. The van der Waals surface area contributed by atoms with Crippen molar-refractivity contribution in [1.29, 1.82) is 0 Å². The Kier molecular flexibility index (Phi) is 4.07. The van der Waals surface area contributed by atoms with Crippen LogP contribution in [0.4, 0.5) is 0 Å². The second-order valence-corrected chi connectivity index (χ2v) is 8.30. The third-order valence-electron chi connectivity index (χ3n) is 5.78. The summed E-state index contributed by atoms with van der Waals surface area (Å²) in [5.41, 5.74) is 1.59. The Labute approximate surface area is 182 Å². The van der Waals surface area contributed by atoms with Crippen LogP contribution in [0.2, 0.25) is 0 Å². The number of nitrogens with zero attached hydrogens (tertiary/aromatic N) is 3. The number of amides is 1. The molecule has 1 atom stereocenters. The third kappa shape index (κ3) is 2.75. The molecule has 4 aromatic rings. The van der Waals surface area contributed by atoms with Gasteiger partial charge in [0, 0.05) is 10.8 Å². The van der Waals surface area contributed by atoms with Crippen LogP contribution in [0.1, 0.15) is 11.7 Å². The van der Waals surface area contributed by atoms with Crippen molar-refractivity contribution in [2.45, 2.75) is 6.17 Å². The molecule has 0 aromatic heterocycles. The minimum atomic E-state index is -0.450. The van der Waals surface area contributed by atoms with Gasteiger partial charge in [0.05, 0.1) is 5.36 Å². The van der Waals surface area contributed by atoms with Crippen LogP contribution >= 0.6 is 11.8 Å². The quantitative estimate of drug-likeness (QED) is 0.478. The number of rotatable bonds is 1. The standard InChI is InChI=1S/C25H18N4OS/c1-31-25-27-24(30)22-19-12-6-7-13-20(19)26-23(29(22)28-25)21-17-10-4-2-8-15(17)14-16-9-3-5-11-18(16)21/h2-14,23H,1H3,(H,27,28,30)/t23-/m0/s1. The summed E-state index contributed by atoms with van der Waals surface area (Å²) in [6, 6.07) is 26.6. The number of nitrogens with one attached hydrogen (secondary N) is 1. The van der Waals surface area contributed by atoms with Gasteiger partial charge in [0.15, 0.2) is 11.3 Å². The Morgan fingerprint density at radius 2 is 1.55 bits per heavy atom. The zero-order chi connectivity index (χ0) is 20.9. The van der Waals surface area contributed by atoms with Crippen LogP contribution in [0.25, 0.3) is 27.2 Å². The monoisotopic (exact) mass is 422 g/mol. The normalized spacial score (nSPS) is 17.6. The first kappa shape index (κ1) is 18.2. The van der Waals surface area contributed by atoms with E-state index in [1.54, 1.807) is 5.01 Å². The molecule has 2 aliphatic heterocycles. The van der Waals surface area contributed by atoms with E-state index in [-0.39, 0.29) is 5.91 Å². The van der Waals surface area contributed by atoms with Crippen molar-refractivity contribution >= 4 is 50.1 Å². The maximum Gasteiger partial charge on any atom is 0.276 e. The number of amidine groups is 1. The first-order chi connectivity index (χ1) is 15.2. The molecule has 31 heavy (non-hydrogen) atoms. The highest BCUT2D eigenvalue weighted by Crippen LogP contribution is 2.39. The molecule has 1 amide bonds. The molecule has 6 rings (SSSR count). The van der Waals surface area contributed by atoms with Crippen LogP contribution in [0.3, 0.4) is 0 Å². The van der Waals surface area contributed by atoms with E-state index in [4.69, 9.17) is 10.1 Å². The second kappa shape index (κ2) is 6.96. The summed E-state index contributed by atoms with van der Waals surface area (Å²) < 4.78 is 0. The fourth-order valence-electron chi connectivity index (χ4n) is 4.43. The van der Waals surface area contributed by atoms with Crippen molar-refractivity contribution in [3.63, 3.8) is 0 Å². The molecule has 0 unspecified atom stereocenters. The van der Waals surface area contributed by atoms with E-state index < -0.39 is 6.17 Å². The van der Waals surface area contributed by atoms with Gasteiger partial charge in [-0.05, 0) is 39.9 Å². The number of hydrogen-bond donors (Lipinski definition) is 1. The smallest absolute Gasteiger partial charge is 0.276 e. The number of benzene rings is 4. The first-order valence-corrected chi connectivity index (χ1v) is 11.3. The zero-order valence-electron chi connectivity index (χ0n) is 16.7. The van der Waals surface area contributed by atoms with Crippen molar-refractivity contribution in [2.24, 2.45) is 10.1 Å². The summed E-state index contributed by atoms with van der Waals surface area (Å²) in [5, 5.41) is 16.2. The highest BCUT2D eigenvalue weighted by Gasteiger charge is 2.35. The van der Waals surface area contributed by atoms with Gasteiger partial charge in [-0.3, -0.25) is 15.1 Å². The van der Waals surface area contributed by atoms with Crippen molar-refractivity contribution in [1.82, 2.24) is 10.3 Å². The van der Waals surface area contributed by atoms with Gasteiger partial charge >= 0.3 is 0 Å². The molecule has 0 bridgehead atoms. The van der Waals surface area contributed by atoms with Gasteiger partial charge in [0.2, 0.25) is 0 Å². The number of para-hydroxylation sites is 1. The zero-order valence-corrected chi connectivity index (χ0v) is 17.6. The molecule has 5 nitrogen and oxygen atoms in total. The van der Waals surface area contributed by atoms with Gasteiger partial charge in [-0.1, -0.05) is 78.5 Å². The molecule has 2 aliphatic rings. The van der Waals surface area contributed by atoms with Crippen LogP contribution in [-0.4, -0.2) is 22.3 Å². The van der Waals surface area contributed by atoms with Gasteiger partial charge in [-0.15, -0.1) is 5.10 Å². The lowest BCUT2D eigenvalue weighted by Gasteiger charge is -2.34. The van der Waals surface area contributed by atoms with E-state index in [2.05, 4.69) is 35.6 Å². The summed E-state index contributed by atoms with van der Waals surface area (Å²) in [6.45, 7) is 0. The Hall–Kier alpha value is -3.64. The predicted molar refractivity (Wildman–Crippen MR) is 126 cm³/mol. The molecule has 0 radical (unpaired) electrons. The first-order valence-electron chi connectivity index (χ1n) is 10.1. The average Bonchev–Trinajstić information content (AvgIpc) is 2.81. The number of carbonyl (C=O) groups excluding carboxylic acids is 1. The highest BCUT2D eigenvalue weighted by molar-refractivity contribution is 8.13. The van der Waals surface area contributed by atoms with Gasteiger partial charge < -0.3 is 0 Å².